The lowest BCUT2D eigenvalue weighted by molar-refractivity contribution is 0.396. The SMILES string of the molecule is COc1nc(Nc2nc3c(-c4ccc(F)cc4C)nccn3n2)ccc1-n1cnc(C)c1. The lowest BCUT2D eigenvalue weighted by atomic mass is 10.1. The van der Waals surface area contributed by atoms with Gasteiger partial charge < -0.3 is 14.6 Å². The Morgan fingerprint density at radius 2 is 1.94 bits per heavy atom. The molecule has 4 heterocycles. The van der Waals surface area contributed by atoms with Gasteiger partial charge in [-0.15, -0.1) is 5.10 Å². The van der Waals surface area contributed by atoms with Crippen LogP contribution in [0, 0.1) is 19.7 Å². The molecule has 0 bridgehead atoms. The van der Waals surface area contributed by atoms with Crippen molar-refractivity contribution in [2.45, 2.75) is 13.8 Å². The second-order valence-corrected chi connectivity index (χ2v) is 7.21. The molecule has 0 spiro atoms. The minimum atomic E-state index is -0.295. The molecule has 0 aliphatic rings. The van der Waals surface area contributed by atoms with E-state index in [2.05, 4.69) is 30.4 Å². The van der Waals surface area contributed by atoms with Gasteiger partial charge in [0.05, 0.1) is 19.1 Å². The Morgan fingerprint density at radius 1 is 1.06 bits per heavy atom. The Kier molecular flexibility index (Phi) is 4.74. The molecule has 1 N–H and O–H groups in total. The van der Waals surface area contributed by atoms with Gasteiger partial charge in [-0.25, -0.2) is 13.9 Å². The van der Waals surface area contributed by atoms with Crippen molar-refractivity contribution in [2.24, 2.45) is 0 Å². The topological polar surface area (TPSA) is 95.0 Å². The van der Waals surface area contributed by atoms with Crippen molar-refractivity contribution in [1.82, 2.24) is 34.1 Å². The smallest absolute Gasteiger partial charge is 0.248 e. The number of aromatic nitrogens is 7. The minimum absolute atomic E-state index is 0.295. The predicted octanol–water partition coefficient (Wildman–Crippen LogP) is 3.88. The van der Waals surface area contributed by atoms with Gasteiger partial charge in [0.25, 0.3) is 0 Å². The maximum atomic E-state index is 13.5. The second kappa shape index (κ2) is 7.73. The molecule has 9 nitrogen and oxygen atoms in total. The van der Waals surface area contributed by atoms with Crippen molar-refractivity contribution in [3.63, 3.8) is 0 Å². The summed E-state index contributed by atoms with van der Waals surface area (Å²) in [6, 6.07) is 8.25. The molecule has 10 heteroatoms. The molecular weight excluding hydrogens is 411 g/mol. The van der Waals surface area contributed by atoms with E-state index in [9.17, 15) is 4.39 Å². The van der Waals surface area contributed by atoms with Crippen molar-refractivity contribution < 1.29 is 9.13 Å². The molecule has 0 radical (unpaired) electrons. The Hall–Kier alpha value is -4.34. The van der Waals surface area contributed by atoms with Gasteiger partial charge in [0.2, 0.25) is 11.8 Å². The zero-order valence-electron chi connectivity index (χ0n) is 17.6. The summed E-state index contributed by atoms with van der Waals surface area (Å²) in [6.07, 6.45) is 6.93. The number of fused-ring (bicyclic) bond motifs is 1. The highest BCUT2D eigenvalue weighted by Gasteiger charge is 2.15. The normalized spacial score (nSPS) is 11.1. The average molecular weight is 430 g/mol. The van der Waals surface area contributed by atoms with Crippen molar-refractivity contribution in [1.29, 1.82) is 0 Å². The summed E-state index contributed by atoms with van der Waals surface area (Å²) >= 11 is 0. The number of anilines is 2. The van der Waals surface area contributed by atoms with Gasteiger partial charge in [0, 0.05) is 24.2 Å². The van der Waals surface area contributed by atoms with Gasteiger partial charge in [-0.2, -0.15) is 9.97 Å². The van der Waals surface area contributed by atoms with Crippen LogP contribution in [0.5, 0.6) is 5.88 Å². The lowest BCUT2D eigenvalue weighted by Gasteiger charge is -2.10. The third-order valence-electron chi connectivity index (χ3n) is 4.96. The summed E-state index contributed by atoms with van der Waals surface area (Å²) < 4.78 is 22.5. The van der Waals surface area contributed by atoms with Crippen LogP contribution in [-0.4, -0.2) is 41.2 Å². The Bertz CT molecular complexity index is 1440. The first kappa shape index (κ1) is 19.6. The van der Waals surface area contributed by atoms with Crippen LogP contribution >= 0.6 is 0 Å². The van der Waals surface area contributed by atoms with Crippen LogP contribution < -0.4 is 10.1 Å². The molecule has 0 unspecified atom stereocenters. The van der Waals surface area contributed by atoms with Crippen molar-refractivity contribution in [2.75, 3.05) is 12.4 Å². The van der Waals surface area contributed by atoms with Gasteiger partial charge in [-0.05, 0) is 49.7 Å². The summed E-state index contributed by atoms with van der Waals surface area (Å²) in [4.78, 5) is 17.8. The molecule has 1 aromatic carbocycles. The van der Waals surface area contributed by atoms with E-state index in [1.54, 1.807) is 36.4 Å². The highest BCUT2D eigenvalue weighted by molar-refractivity contribution is 5.76. The first-order valence-corrected chi connectivity index (χ1v) is 9.83. The van der Waals surface area contributed by atoms with Crippen molar-refractivity contribution >= 4 is 17.4 Å². The molecule has 0 fully saturated rings. The van der Waals surface area contributed by atoms with E-state index in [-0.39, 0.29) is 5.82 Å². The number of imidazole rings is 1. The third kappa shape index (κ3) is 3.51. The minimum Gasteiger partial charge on any atom is -0.479 e. The van der Waals surface area contributed by atoms with Gasteiger partial charge in [-0.3, -0.25) is 4.98 Å². The number of nitrogens with zero attached hydrogens (tertiary/aromatic N) is 7. The van der Waals surface area contributed by atoms with E-state index in [4.69, 9.17) is 4.74 Å². The lowest BCUT2D eigenvalue weighted by Crippen LogP contribution is -2.02. The van der Waals surface area contributed by atoms with Crippen LogP contribution in [0.1, 0.15) is 11.3 Å². The molecule has 0 amide bonds. The van der Waals surface area contributed by atoms with Crippen LogP contribution in [0.2, 0.25) is 0 Å². The van der Waals surface area contributed by atoms with Gasteiger partial charge in [0.1, 0.15) is 23.0 Å². The van der Waals surface area contributed by atoms with E-state index in [1.165, 1.54) is 12.1 Å². The molecule has 5 rings (SSSR count). The zero-order valence-corrected chi connectivity index (χ0v) is 17.6. The number of hydrogen-bond acceptors (Lipinski definition) is 7. The summed E-state index contributed by atoms with van der Waals surface area (Å²) in [5.74, 6) is 1.00. The number of aryl methyl sites for hydroxylation is 2. The van der Waals surface area contributed by atoms with Crippen LogP contribution in [0.3, 0.4) is 0 Å². The van der Waals surface area contributed by atoms with E-state index in [0.717, 1.165) is 22.5 Å². The molecule has 4 aromatic heterocycles. The monoisotopic (exact) mass is 430 g/mol. The molecule has 5 aromatic rings. The van der Waals surface area contributed by atoms with Gasteiger partial charge in [0.15, 0.2) is 5.65 Å². The predicted molar refractivity (Wildman–Crippen MR) is 117 cm³/mol. The highest BCUT2D eigenvalue weighted by Crippen LogP contribution is 2.27. The molecule has 0 saturated carbocycles. The quantitative estimate of drug-likeness (QED) is 0.452. The molecule has 0 aliphatic heterocycles. The van der Waals surface area contributed by atoms with Crippen LogP contribution in [0.4, 0.5) is 16.2 Å². The first-order valence-electron chi connectivity index (χ1n) is 9.83. The highest BCUT2D eigenvalue weighted by atomic mass is 19.1. The number of methoxy groups -OCH3 is 1. The summed E-state index contributed by atoms with van der Waals surface area (Å²) in [5, 5.41) is 7.57. The molecule has 160 valence electrons. The summed E-state index contributed by atoms with van der Waals surface area (Å²) in [5.41, 5.74) is 4.36. The van der Waals surface area contributed by atoms with Crippen LogP contribution in [0.25, 0.3) is 22.6 Å². The number of benzene rings is 1. The number of hydrogen-bond donors (Lipinski definition) is 1. The largest absolute Gasteiger partial charge is 0.479 e. The average Bonchev–Trinajstić information content (AvgIpc) is 3.39. The van der Waals surface area contributed by atoms with Crippen molar-refractivity contribution in [3.05, 3.63) is 72.3 Å². The first-order chi connectivity index (χ1) is 15.5. The standard InChI is InChI=1S/C22H19FN8O/c1-13-10-15(23)4-5-16(13)19-20-28-22(29-31(20)9-8-24-19)27-18-7-6-17(21(26-18)32-3)30-11-14(2)25-12-30/h4-12H,1-3H3,(H,26,27,29). The Balaban J connectivity index is 1.50. The van der Waals surface area contributed by atoms with Crippen LogP contribution in [-0.2, 0) is 0 Å². The Morgan fingerprint density at radius 3 is 2.69 bits per heavy atom. The van der Waals surface area contributed by atoms with E-state index in [0.29, 0.717) is 29.0 Å². The molecule has 32 heavy (non-hydrogen) atoms. The number of pyridine rings is 1. The van der Waals surface area contributed by atoms with E-state index in [1.807, 2.05) is 36.7 Å². The molecule has 0 atom stereocenters. The van der Waals surface area contributed by atoms with Crippen molar-refractivity contribution in [3.8, 4) is 22.8 Å². The van der Waals surface area contributed by atoms with Gasteiger partial charge in [-0.1, -0.05) is 0 Å². The van der Waals surface area contributed by atoms with E-state index < -0.39 is 0 Å². The number of ether oxygens (including phenoxy) is 1. The molecule has 0 saturated heterocycles. The Labute approximate surface area is 182 Å². The number of rotatable bonds is 5. The maximum absolute atomic E-state index is 13.5. The summed E-state index contributed by atoms with van der Waals surface area (Å²) in [6.45, 7) is 3.75. The maximum Gasteiger partial charge on any atom is 0.248 e. The van der Waals surface area contributed by atoms with Gasteiger partial charge >= 0.3 is 0 Å². The number of nitrogens with one attached hydrogen (secondary N) is 1. The van der Waals surface area contributed by atoms with E-state index >= 15 is 0 Å². The molecule has 0 aliphatic carbocycles. The number of halogens is 1. The fourth-order valence-corrected chi connectivity index (χ4v) is 3.47. The van der Waals surface area contributed by atoms with Crippen LogP contribution in [0.15, 0.2) is 55.2 Å². The summed E-state index contributed by atoms with van der Waals surface area (Å²) in [7, 11) is 1.56. The molecular formula is C22H19FN8O. The third-order valence-corrected chi connectivity index (χ3v) is 4.96. The fraction of sp³-hybridized carbons (Fsp3) is 0.136. The fourth-order valence-electron chi connectivity index (χ4n) is 3.47. The second-order valence-electron chi connectivity index (χ2n) is 7.21. The zero-order chi connectivity index (χ0) is 22.2.